The van der Waals surface area contributed by atoms with E-state index in [2.05, 4.69) is 4.90 Å². The molecule has 12 heteroatoms. The van der Waals surface area contributed by atoms with E-state index in [1.165, 1.54) is 16.8 Å². The minimum atomic E-state index is -0.884. The van der Waals surface area contributed by atoms with Gasteiger partial charge in [-0.05, 0) is 55.3 Å². The van der Waals surface area contributed by atoms with Gasteiger partial charge in [0.25, 0.3) is 5.56 Å². The standard InChI is InChI=1S/C31H36F2N6O4/c1-3-22-23(33)7-6-19-14-21(40)15-24(25(19)22)39-29(41)26-27(36(39)2)34-30(35-28(26)37-9-5-12-42-13-11-37)43-18-31-8-4-10-38(31)17-20(32)16-31/h6-7,14-15,20,40H,3-5,8-13,16-18H2,1-2H3. The fraction of sp³-hybridized carbons (Fsp3) is 0.516. The Morgan fingerprint density at radius 2 is 2.00 bits per heavy atom. The predicted molar refractivity (Wildman–Crippen MR) is 159 cm³/mol. The molecule has 0 amide bonds. The maximum Gasteiger partial charge on any atom is 0.320 e. The highest BCUT2D eigenvalue weighted by Crippen LogP contribution is 2.40. The summed E-state index contributed by atoms with van der Waals surface area (Å²) in [4.78, 5) is 28.0. The topological polar surface area (TPSA) is 97.9 Å². The van der Waals surface area contributed by atoms with E-state index in [0.29, 0.717) is 84.6 Å². The molecule has 43 heavy (non-hydrogen) atoms. The lowest BCUT2D eigenvalue weighted by Crippen LogP contribution is -2.43. The summed E-state index contributed by atoms with van der Waals surface area (Å²) in [5.74, 6) is 0.0143. The van der Waals surface area contributed by atoms with E-state index < -0.39 is 6.17 Å². The number of alkyl halides is 1. The van der Waals surface area contributed by atoms with Gasteiger partial charge in [0.15, 0.2) is 11.5 Å². The average Bonchev–Trinajstić information content (AvgIpc) is 3.48. The maximum absolute atomic E-state index is 15.0. The van der Waals surface area contributed by atoms with E-state index in [0.717, 1.165) is 25.8 Å². The van der Waals surface area contributed by atoms with Crippen molar-refractivity contribution in [1.82, 2.24) is 24.2 Å². The number of anilines is 1. The van der Waals surface area contributed by atoms with Crippen LogP contribution in [0.15, 0.2) is 29.1 Å². The third-order valence-corrected chi connectivity index (χ3v) is 9.33. The lowest BCUT2D eigenvalue weighted by molar-refractivity contribution is 0.107. The second kappa shape index (κ2) is 10.7. The van der Waals surface area contributed by atoms with E-state index in [1.54, 1.807) is 23.9 Å². The molecule has 3 aliphatic rings. The molecule has 2 aromatic carbocycles. The molecule has 0 aliphatic carbocycles. The number of fused-ring (bicyclic) bond motifs is 3. The molecular formula is C31H36F2N6O4. The first-order valence-electron chi connectivity index (χ1n) is 15.1. The molecule has 1 N–H and O–H groups in total. The van der Waals surface area contributed by atoms with Crippen molar-refractivity contribution in [3.63, 3.8) is 0 Å². The van der Waals surface area contributed by atoms with Crippen LogP contribution < -0.4 is 15.2 Å². The molecule has 10 nitrogen and oxygen atoms in total. The number of halogens is 2. The Balaban J connectivity index is 1.41. The summed E-state index contributed by atoms with van der Waals surface area (Å²) in [6.07, 6.45) is 2.53. The van der Waals surface area contributed by atoms with Crippen molar-refractivity contribution in [2.24, 2.45) is 7.05 Å². The summed E-state index contributed by atoms with van der Waals surface area (Å²) in [6, 6.07) is 6.14. The van der Waals surface area contributed by atoms with Crippen LogP contribution in [0.1, 0.15) is 38.2 Å². The van der Waals surface area contributed by atoms with Crippen LogP contribution in [-0.2, 0) is 18.2 Å². The molecule has 228 valence electrons. The van der Waals surface area contributed by atoms with E-state index in [1.807, 2.05) is 11.8 Å². The summed E-state index contributed by atoms with van der Waals surface area (Å²) in [5.41, 5.74) is 0.376. The van der Waals surface area contributed by atoms with Crippen molar-refractivity contribution in [2.75, 3.05) is 50.9 Å². The number of aryl methyl sites for hydroxylation is 2. The molecule has 4 aromatic rings. The first kappa shape index (κ1) is 28.0. The quantitative estimate of drug-likeness (QED) is 0.360. The summed E-state index contributed by atoms with van der Waals surface area (Å²) in [7, 11) is 1.71. The largest absolute Gasteiger partial charge is 0.508 e. The van der Waals surface area contributed by atoms with E-state index in [4.69, 9.17) is 19.4 Å². The molecule has 0 saturated carbocycles. The van der Waals surface area contributed by atoms with Crippen molar-refractivity contribution >= 4 is 27.6 Å². The highest BCUT2D eigenvalue weighted by molar-refractivity contribution is 5.96. The van der Waals surface area contributed by atoms with Crippen molar-refractivity contribution in [2.45, 2.75) is 50.7 Å². The molecular weight excluding hydrogens is 558 g/mol. The van der Waals surface area contributed by atoms with Gasteiger partial charge in [-0.2, -0.15) is 9.97 Å². The summed E-state index contributed by atoms with van der Waals surface area (Å²) >= 11 is 0. The van der Waals surface area contributed by atoms with Gasteiger partial charge in [-0.3, -0.25) is 14.4 Å². The maximum atomic E-state index is 15.0. The number of hydrogen-bond donors (Lipinski definition) is 1. The average molecular weight is 595 g/mol. The van der Waals surface area contributed by atoms with Crippen molar-refractivity contribution < 1.29 is 23.4 Å². The highest BCUT2D eigenvalue weighted by Gasteiger charge is 2.49. The molecule has 2 atom stereocenters. The summed E-state index contributed by atoms with van der Waals surface area (Å²) in [5, 5.41) is 12.1. The van der Waals surface area contributed by atoms with Gasteiger partial charge in [-0.15, -0.1) is 0 Å². The molecule has 2 aromatic heterocycles. The van der Waals surface area contributed by atoms with Crippen LogP contribution in [0.25, 0.3) is 27.5 Å². The second-order valence-corrected chi connectivity index (χ2v) is 11.9. The van der Waals surface area contributed by atoms with Crippen LogP contribution >= 0.6 is 0 Å². The fourth-order valence-corrected chi connectivity index (χ4v) is 7.34. The third-order valence-electron chi connectivity index (χ3n) is 9.33. The van der Waals surface area contributed by atoms with Crippen molar-refractivity contribution in [3.8, 4) is 17.4 Å². The molecule has 2 unspecified atom stereocenters. The van der Waals surface area contributed by atoms with Crippen molar-refractivity contribution in [3.05, 3.63) is 46.0 Å². The van der Waals surface area contributed by atoms with E-state index in [-0.39, 0.29) is 35.3 Å². The normalized spacial score (nSPS) is 22.9. The minimum absolute atomic E-state index is 0.0450. The second-order valence-electron chi connectivity index (χ2n) is 11.9. The van der Waals surface area contributed by atoms with Crippen LogP contribution in [0.5, 0.6) is 11.8 Å². The van der Waals surface area contributed by atoms with Crippen LogP contribution in [0, 0.1) is 5.82 Å². The molecule has 7 rings (SSSR count). The molecule has 0 radical (unpaired) electrons. The Morgan fingerprint density at radius 1 is 1.14 bits per heavy atom. The Kier molecular flexibility index (Phi) is 7.00. The van der Waals surface area contributed by atoms with Gasteiger partial charge in [0.2, 0.25) is 0 Å². The van der Waals surface area contributed by atoms with Gasteiger partial charge in [-0.25, -0.2) is 13.5 Å². The molecule has 3 saturated heterocycles. The lowest BCUT2D eigenvalue weighted by Gasteiger charge is -2.31. The van der Waals surface area contributed by atoms with Gasteiger partial charge in [0, 0.05) is 51.2 Å². The lowest BCUT2D eigenvalue weighted by atomic mass is 9.95. The summed E-state index contributed by atoms with van der Waals surface area (Å²) < 4.78 is 44.4. The number of rotatable bonds is 6. The van der Waals surface area contributed by atoms with Crippen LogP contribution in [-0.4, -0.2) is 87.0 Å². The van der Waals surface area contributed by atoms with Crippen molar-refractivity contribution in [1.29, 1.82) is 0 Å². The molecule has 0 bridgehead atoms. The monoisotopic (exact) mass is 594 g/mol. The van der Waals surface area contributed by atoms with Gasteiger partial charge in [-0.1, -0.05) is 13.0 Å². The zero-order chi connectivity index (χ0) is 29.9. The number of aromatic nitrogens is 4. The zero-order valence-electron chi connectivity index (χ0n) is 24.5. The van der Waals surface area contributed by atoms with Gasteiger partial charge in [0.05, 0.1) is 17.8 Å². The number of ether oxygens (including phenoxy) is 2. The number of phenols is 1. The van der Waals surface area contributed by atoms with E-state index in [9.17, 15) is 14.3 Å². The number of hydrogen-bond acceptors (Lipinski definition) is 8. The number of phenolic OH excluding ortho intramolecular Hbond substituents is 1. The Hall–Kier alpha value is -3.77. The van der Waals surface area contributed by atoms with E-state index >= 15 is 4.39 Å². The first-order valence-corrected chi connectivity index (χ1v) is 15.1. The minimum Gasteiger partial charge on any atom is -0.508 e. The smallest absolute Gasteiger partial charge is 0.320 e. The van der Waals surface area contributed by atoms with Crippen LogP contribution in [0.3, 0.4) is 0 Å². The van der Waals surface area contributed by atoms with Gasteiger partial charge >= 0.3 is 6.01 Å². The Labute approximate surface area is 247 Å². The van der Waals surface area contributed by atoms with Gasteiger partial charge < -0.3 is 19.5 Å². The van der Waals surface area contributed by atoms with Gasteiger partial charge in [0.1, 0.15) is 29.7 Å². The Bertz CT molecular complexity index is 1770. The number of nitrogens with zero attached hydrogens (tertiary/aromatic N) is 6. The highest BCUT2D eigenvalue weighted by atomic mass is 19.1. The molecule has 3 fully saturated rings. The summed E-state index contributed by atoms with van der Waals surface area (Å²) in [6.45, 7) is 5.62. The molecule has 3 aliphatic heterocycles. The molecule has 5 heterocycles. The SMILES string of the molecule is CCc1c(F)ccc2cc(O)cc(-n3c(=O)c4c(N5CCCOCC5)nc(OCC56CCCN5CC(F)C6)nc4n3C)c12. The number of aromatic hydroxyl groups is 1. The zero-order valence-corrected chi connectivity index (χ0v) is 24.5. The number of benzene rings is 2. The molecule has 0 spiro atoms. The first-order chi connectivity index (χ1) is 20.8. The fourth-order valence-electron chi connectivity index (χ4n) is 7.34. The van der Waals surface area contributed by atoms with Crippen LogP contribution in [0.4, 0.5) is 14.6 Å². The third kappa shape index (κ3) is 4.62. The Morgan fingerprint density at radius 3 is 2.84 bits per heavy atom. The predicted octanol–water partition coefficient (Wildman–Crippen LogP) is 3.86. The van der Waals surface area contributed by atoms with Crippen LogP contribution in [0.2, 0.25) is 0 Å².